The summed E-state index contributed by atoms with van der Waals surface area (Å²) in [5.41, 5.74) is 0.950. The van der Waals surface area contributed by atoms with Gasteiger partial charge in [0, 0.05) is 12.1 Å². The van der Waals surface area contributed by atoms with Crippen molar-refractivity contribution in [3.63, 3.8) is 0 Å². The topological polar surface area (TPSA) is 20.3 Å². The van der Waals surface area contributed by atoms with Crippen molar-refractivity contribution in [2.75, 3.05) is 6.54 Å². The van der Waals surface area contributed by atoms with Crippen LogP contribution in [0.5, 0.6) is 0 Å². The van der Waals surface area contributed by atoms with E-state index in [4.69, 9.17) is 0 Å². The van der Waals surface area contributed by atoms with Crippen LogP contribution in [0.2, 0.25) is 0 Å². The summed E-state index contributed by atoms with van der Waals surface area (Å²) < 4.78 is 13.1. The van der Waals surface area contributed by atoms with E-state index in [0.29, 0.717) is 6.42 Å². The van der Waals surface area contributed by atoms with Gasteiger partial charge in [-0.3, -0.25) is 4.79 Å². The number of carbonyl (C=O) groups is 1. The molecule has 0 bridgehead atoms. The van der Waals surface area contributed by atoms with Crippen LogP contribution in [0.15, 0.2) is 24.3 Å². The van der Waals surface area contributed by atoms with Crippen LogP contribution in [0.1, 0.15) is 37.7 Å². The molecule has 18 heavy (non-hydrogen) atoms. The Morgan fingerprint density at radius 2 is 2.06 bits per heavy atom. The molecule has 1 aliphatic heterocycles. The second kappa shape index (κ2) is 4.38. The second-order valence-electron chi connectivity index (χ2n) is 5.53. The molecule has 1 aromatic carbocycles. The largest absolute Gasteiger partial charge is 0.337 e. The molecule has 1 saturated heterocycles. The fourth-order valence-corrected chi connectivity index (χ4v) is 3.35. The van der Waals surface area contributed by atoms with Crippen molar-refractivity contribution < 1.29 is 9.18 Å². The van der Waals surface area contributed by atoms with Crippen molar-refractivity contribution in [3.8, 4) is 0 Å². The number of hydrogen-bond donors (Lipinski definition) is 0. The lowest BCUT2D eigenvalue weighted by atomic mass is 9.74. The predicted molar refractivity (Wildman–Crippen MR) is 67.6 cm³/mol. The summed E-state index contributed by atoms with van der Waals surface area (Å²) in [6.07, 6.45) is 6.16. The average Bonchev–Trinajstić information content (AvgIpc) is 2.73. The third-order valence-corrected chi connectivity index (χ3v) is 4.43. The zero-order valence-electron chi connectivity index (χ0n) is 10.5. The molecule has 0 unspecified atom stereocenters. The minimum atomic E-state index is -0.264. The van der Waals surface area contributed by atoms with Gasteiger partial charge < -0.3 is 4.90 Å². The van der Waals surface area contributed by atoms with Gasteiger partial charge >= 0.3 is 0 Å². The third kappa shape index (κ3) is 1.92. The van der Waals surface area contributed by atoms with Crippen LogP contribution in [0.3, 0.4) is 0 Å². The fraction of sp³-hybridized carbons (Fsp3) is 0.533. The Balaban J connectivity index is 1.71. The monoisotopic (exact) mass is 247 g/mol. The van der Waals surface area contributed by atoms with Gasteiger partial charge in [0.05, 0.1) is 6.42 Å². The fourth-order valence-electron chi connectivity index (χ4n) is 3.35. The highest BCUT2D eigenvalue weighted by Crippen LogP contribution is 2.45. The Morgan fingerprint density at radius 3 is 2.72 bits per heavy atom. The average molecular weight is 247 g/mol. The molecule has 3 heteroatoms. The van der Waals surface area contributed by atoms with Crippen LogP contribution in [-0.4, -0.2) is 22.9 Å². The molecule has 96 valence electrons. The van der Waals surface area contributed by atoms with Crippen molar-refractivity contribution >= 4 is 5.91 Å². The van der Waals surface area contributed by atoms with E-state index in [1.807, 2.05) is 6.07 Å². The first kappa shape index (κ1) is 11.7. The number of benzene rings is 1. The van der Waals surface area contributed by atoms with Gasteiger partial charge in [-0.15, -0.1) is 0 Å². The van der Waals surface area contributed by atoms with Crippen LogP contribution in [-0.2, 0) is 11.2 Å². The van der Waals surface area contributed by atoms with Gasteiger partial charge in [-0.05, 0) is 49.8 Å². The van der Waals surface area contributed by atoms with E-state index in [2.05, 4.69) is 4.90 Å². The molecular formula is C15H18FNO. The molecule has 1 aliphatic carbocycles. The standard InChI is InChI=1S/C15H18FNO/c16-13-5-1-4-12(10-13)11-14(18)17-9-3-8-15(17)6-2-7-15/h1,4-5,10H,2-3,6-9,11H2. The minimum Gasteiger partial charge on any atom is -0.337 e. The summed E-state index contributed by atoms with van der Waals surface area (Å²) in [6.45, 7) is 0.883. The molecule has 1 aromatic rings. The van der Waals surface area contributed by atoms with Crippen LogP contribution >= 0.6 is 0 Å². The number of carbonyl (C=O) groups excluding carboxylic acids is 1. The summed E-state index contributed by atoms with van der Waals surface area (Å²) in [7, 11) is 0. The van der Waals surface area contributed by atoms with Crippen molar-refractivity contribution in [1.29, 1.82) is 0 Å². The SMILES string of the molecule is O=C(Cc1cccc(F)c1)N1CCCC12CCC2. The second-order valence-corrected chi connectivity index (χ2v) is 5.53. The van der Waals surface area contributed by atoms with Gasteiger partial charge in [0.25, 0.3) is 0 Å². The summed E-state index contributed by atoms with van der Waals surface area (Å²) >= 11 is 0. The van der Waals surface area contributed by atoms with Gasteiger partial charge in [0.2, 0.25) is 5.91 Å². The first-order valence-corrected chi connectivity index (χ1v) is 6.75. The van der Waals surface area contributed by atoms with Crippen LogP contribution in [0.4, 0.5) is 4.39 Å². The first-order valence-electron chi connectivity index (χ1n) is 6.75. The Hall–Kier alpha value is -1.38. The molecule has 2 fully saturated rings. The predicted octanol–water partition coefficient (Wildman–Crippen LogP) is 2.91. The van der Waals surface area contributed by atoms with E-state index in [0.717, 1.165) is 37.8 Å². The van der Waals surface area contributed by atoms with Gasteiger partial charge in [0.1, 0.15) is 5.82 Å². The van der Waals surface area contributed by atoms with E-state index in [9.17, 15) is 9.18 Å². The Kier molecular flexibility index (Phi) is 2.84. The maximum Gasteiger partial charge on any atom is 0.227 e. The molecular weight excluding hydrogens is 229 g/mol. The number of likely N-dealkylation sites (tertiary alicyclic amines) is 1. The molecule has 2 aliphatic rings. The quantitative estimate of drug-likeness (QED) is 0.787. The normalized spacial score (nSPS) is 21.1. The molecule has 1 amide bonds. The molecule has 1 saturated carbocycles. The molecule has 0 N–H and O–H groups in total. The molecule has 0 aromatic heterocycles. The van der Waals surface area contributed by atoms with E-state index in [-0.39, 0.29) is 17.3 Å². The molecule has 1 heterocycles. The minimum absolute atomic E-state index is 0.165. The summed E-state index contributed by atoms with van der Waals surface area (Å²) in [4.78, 5) is 14.4. The zero-order chi connectivity index (χ0) is 12.6. The Morgan fingerprint density at radius 1 is 1.28 bits per heavy atom. The molecule has 0 radical (unpaired) electrons. The molecule has 1 spiro atoms. The van der Waals surface area contributed by atoms with Crippen LogP contribution in [0.25, 0.3) is 0 Å². The van der Waals surface area contributed by atoms with Crippen molar-refractivity contribution in [2.45, 2.75) is 44.1 Å². The Labute approximate surface area is 107 Å². The third-order valence-electron chi connectivity index (χ3n) is 4.43. The van der Waals surface area contributed by atoms with Crippen molar-refractivity contribution in [3.05, 3.63) is 35.6 Å². The first-order chi connectivity index (χ1) is 8.70. The van der Waals surface area contributed by atoms with Gasteiger partial charge in [-0.25, -0.2) is 4.39 Å². The van der Waals surface area contributed by atoms with Crippen molar-refractivity contribution in [1.82, 2.24) is 4.90 Å². The lowest BCUT2D eigenvalue weighted by molar-refractivity contribution is -0.137. The summed E-state index contributed by atoms with van der Waals surface area (Å²) in [5, 5.41) is 0. The van der Waals surface area contributed by atoms with Crippen LogP contribution < -0.4 is 0 Å². The maximum atomic E-state index is 13.1. The lowest BCUT2D eigenvalue weighted by Crippen LogP contribution is -2.52. The van der Waals surface area contributed by atoms with E-state index in [1.54, 1.807) is 6.07 Å². The van der Waals surface area contributed by atoms with Gasteiger partial charge in [-0.2, -0.15) is 0 Å². The van der Waals surface area contributed by atoms with Crippen molar-refractivity contribution in [2.24, 2.45) is 0 Å². The van der Waals surface area contributed by atoms with E-state index in [1.165, 1.54) is 18.6 Å². The smallest absolute Gasteiger partial charge is 0.227 e. The molecule has 2 nitrogen and oxygen atoms in total. The number of rotatable bonds is 2. The number of halogens is 1. The highest BCUT2D eigenvalue weighted by molar-refractivity contribution is 5.80. The molecule has 0 atom stereocenters. The van der Waals surface area contributed by atoms with E-state index < -0.39 is 0 Å². The lowest BCUT2D eigenvalue weighted by Gasteiger charge is -2.46. The Bertz CT molecular complexity index is 467. The van der Waals surface area contributed by atoms with E-state index >= 15 is 0 Å². The highest BCUT2D eigenvalue weighted by Gasteiger charge is 2.47. The van der Waals surface area contributed by atoms with Gasteiger partial charge in [0.15, 0.2) is 0 Å². The number of amides is 1. The van der Waals surface area contributed by atoms with Gasteiger partial charge in [-0.1, -0.05) is 12.1 Å². The van der Waals surface area contributed by atoms with Crippen LogP contribution in [0, 0.1) is 5.82 Å². The summed E-state index contributed by atoms with van der Waals surface area (Å²) in [5.74, 6) is -0.0992. The maximum absolute atomic E-state index is 13.1. The highest BCUT2D eigenvalue weighted by atomic mass is 19.1. The number of nitrogens with zero attached hydrogens (tertiary/aromatic N) is 1. The molecule has 3 rings (SSSR count). The zero-order valence-corrected chi connectivity index (χ0v) is 10.5. The summed E-state index contributed by atoms with van der Waals surface area (Å²) in [6, 6.07) is 6.37. The number of hydrogen-bond acceptors (Lipinski definition) is 1.